The van der Waals surface area contributed by atoms with E-state index in [2.05, 4.69) is 15.0 Å². The van der Waals surface area contributed by atoms with Crippen LogP contribution in [0.25, 0.3) is 0 Å². The van der Waals surface area contributed by atoms with Crippen molar-refractivity contribution in [2.24, 2.45) is 0 Å². The fourth-order valence-electron chi connectivity index (χ4n) is 3.44. The largest absolute Gasteiger partial charge is 0.480 e. The normalized spacial score (nSPS) is 26.1. The maximum absolute atomic E-state index is 11.3. The number of aromatic nitrogens is 1. The van der Waals surface area contributed by atoms with Gasteiger partial charge in [0.25, 0.3) is 0 Å². The minimum atomic E-state index is -0.661. The molecule has 1 atom stereocenters. The van der Waals surface area contributed by atoms with Crippen molar-refractivity contribution in [2.75, 3.05) is 19.6 Å². The van der Waals surface area contributed by atoms with Crippen molar-refractivity contribution in [1.82, 2.24) is 15.0 Å². The van der Waals surface area contributed by atoms with Crippen LogP contribution >= 0.6 is 0 Å². The van der Waals surface area contributed by atoms with E-state index in [9.17, 15) is 9.90 Å². The van der Waals surface area contributed by atoms with Crippen LogP contribution in [0.4, 0.5) is 0 Å². The first-order valence-electron chi connectivity index (χ1n) is 7.34. The number of carbonyl (C=O) groups is 1. The number of rotatable bonds is 4. The Morgan fingerprint density at radius 2 is 2.15 bits per heavy atom. The molecule has 0 bridgehead atoms. The van der Waals surface area contributed by atoms with Gasteiger partial charge >= 0.3 is 5.97 Å². The molecule has 20 heavy (non-hydrogen) atoms. The van der Waals surface area contributed by atoms with E-state index in [1.54, 1.807) is 6.20 Å². The Hall–Kier alpha value is -1.40. The summed E-state index contributed by atoms with van der Waals surface area (Å²) in [5.41, 5.74) is 0. The van der Waals surface area contributed by atoms with Crippen LogP contribution < -0.4 is 0 Å². The minimum Gasteiger partial charge on any atom is -0.480 e. The first kappa shape index (κ1) is 13.6. The van der Waals surface area contributed by atoms with E-state index in [0.29, 0.717) is 6.04 Å². The molecule has 0 saturated carbocycles. The van der Waals surface area contributed by atoms with Crippen LogP contribution in [0, 0.1) is 0 Å². The molecule has 2 aliphatic heterocycles. The molecule has 0 aromatic carbocycles. The van der Waals surface area contributed by atoms with Gasteiger partial charge in [-0.15, -0.1) is 0 Å². The highest BCUT2D eigenvalue weighted by atomic mass is 16.5. The number of carboxylic acid groups (broad SMARTS) is 1. The quantitative estimate of drug-likeness (QED) is 0.892. The van der Waals surface area contributed by atoms with Crippen molar-refractivity contribution < 1.29 is 14.4 Å². The van der Waals surface area contributed by atoms with Gasteiger partial charge in [-0.3, -0.25) is 14.6 Å². The molecule has 3 heterocycles. The van der Waals surface area contributed by atoms with E-state index >= 15 is 0 Å². The predicted molar refractivity (Wildman–Crippen MR) is 72.2 cm³/mol. The van der Waals surface area contributed by atoms with Crippen LogP contribution in [0.1, 0.15) is 31.4 Å². The van der Waals surface area contributed by atoms with E-state index < -0.39 is 5.97 Å². The standard InChI is InChI=1S/C14H21N3O3/c18-14(19)13-2-1-7-17(13)11-4-8-16(9-5-11)10-12-3-6-15-20-12/h3,6,11,13H,1-2,4-5,7-10H2,(H,18,19). The first-order valence-corrected chi connectivity index (χ1v) is 7.34. The van der Waals surface area contributed by atoms with Crippen molar-refractivity contribution in [2.45, 2.75) is 44.3 Å². The summed E-state index contributed by atoms with van der Waals surface area (Å²) in [5, 5.41) is 13.0. The predicted octanol–water partition coefficient (Wildman–Crippen LogP) is 1.19. The van der Waals surface area contributed by atoms with Crippen LogP contribution in [0.15, 0.2) is 16.8 Å². The van der Waals surface area contributed by atoms with Gasteiger partial charge in [-0.2, -0.15) is 0 Å². The Morgan fingerprint density at radius 1 is 1.35 bits per heavy atom. The number of likely N-dealkylation sites (tertiary alicyclic amines) is 2. The molecule has 2 aliphatic rings. The van der Waals surface area contributed by atoms with Crippen LogP contribution in [0.3, 0.4) is 0 Å². The number of hydrogen-bond acceptors (Lipinski definition) is 5. The lowest BCUT2D eigenvalue weighted by Crippen LogP contribution is -2.48. The lowest BCUT2D eigenvalue weighted by Gasteiger charge is -2.38. The molecule has 2 fully saturated rings. The van der Waals surface area contributed by atoms with E-state index in [1.807, 2.05) is 6.07 Å². The van der Waals surface area contributed by atoms with Gasteiger partial charge in [0.05, 0.1) is 12.7 Å². The van der Waals surface area contributed by atoms with Gasteiger partial charge in [-0.1, -0.05) is 5.16 Å². The Kier molecular flexibility index (Phi) is 4.03. The van der Waals surface area contributed by atoms with E-state index in [-0.39, 0.29) is 6.04 Å². The van der Waals surface area contributed by atoms with Crippen molar-refractivity contribution >= 4 is 5.97 Å². The number of nitrogens with zero attached hydrogens (tertiary/aromatic N) is 3. The van der Waals surface area contributed by atoms with Crippen LogP contribution in [-0.2, 0) is 11.3 Å². The van der Waals surface area contributed by atoms with Gasteiger partial charge in [0.15, 0.2) is 5.76 Å². The number of piperidine rings is 1. The molecule has 110 valence electrons. The Balaban J connectivity index is 1.52. The van der Waals surface area contributed by atoms with E-state index in [1.165, 1.54) is 0 Å². The Morgan fingerprint density at radius 3 is 2.80 bits per heavy atom. The average molecular weight is 279 g/mol. The molecule has 0 spiro atoms. The molecule has 3 rings (SSSR count). The fraction of sp³-hybridized carbons (Fsp3) is 0.714. The minimum absolute atomic E-state index is 0.263. The first-order chi connectivity index (χ1) is 9.74. The van der Waals surface area contributed by atoms with E-state index in [4.69, 9.17) is 4.52 Å². The van der Waals surface area contributed by atoms with Gasteiger partial charge in [0.2, 0.25) is 0 Å². The molecule has 1 aromatic rings. The van der Waals surface area contributed by atoms with Crippen molar-refractivity contribution in [3.63, 3.8) is 0 Å². The molecule has 0 amide bonds. The van der Waals surface area contributed by atoms with Gasteiger partial charge in [-0.25, -0.2) is 0 Å². The summed E-state index contributed by atoms with van der Waals surface area (Å²) in [7, 11) is 0. The zero-order chi connectivity index (χ0) is 13.9. The summed E-state index contributed by atoms with van der Waals surface area (Å²) in [6, 6.07) is 2.05. The summed E-state index contributed by atoms with van der Waals surface area (Å²) in [6.07, 6.45) is 5.56. The highest BCUT2D eigenvalue weighted by molar-refractivity contribution is 5.73. The van der Waals surface area contributed by atoms with Crippen LogP contribution in [-0.4, -0.2) is 57.8 Å². The molecule has 1 unspecified atom stereocenters. The van der Waals surface area contributed by atoms with Gasteiger partial charge in [-0.05, 0) is 32.2 Å². The van der Waals surface area contributed by atoms with Gasteiger partial charge < -0.3 is 9.63 Å². The third-order valence-corrected chi connectivity index (χ3v) is 4.48. The summed E-state index contributed by atoms with van der Waals surface area (Å²) in [6.45, 7) is 3.72. The molecule has 6 nitrogen and oxygen atoms in total. The summed E-state index contributed by atoms with van der Waals surface area (Å²) in [4.78, 5) is 15.8. The molecular formula is C14H21N3O3. The Bertz CT molecular complexity index is 441. The lowest BCUT2D eigenvalue weighted by molar-refractivity contribution is -0.143. The summed E-state index contributed by atoms with van der Waals surface area (Å²) in [5.74, 6) is 0.236. The number of hydrogen-bond donors (Lipinski definition) is 1. The molecule has 1 aromatic heterocycles. The van der Waals surface area contributed by atoms with Crippen LogP contribution in [0.2, 0.25) is 0 Å². The smallest absolute Gasteiger partial charge is 0.320 e. The molecule has 6 heteroatoms. The molecule has 2 saturated heterocycles. The monoisotopic (exact) mass is 279 g/mol. The molecular weight excluding hydrogens is 258 g/mol. The lowest BCUT2D eigenvalue weighted by atomic mass is 10.0. The summed E-state index contributed by atoms with van der Waals surface area (Å²) >= 11 is 0. The topological polar surface area (TPSA) is 69.8 Å². The second-order valence-electron chi connectivity index (χ2n) is 5.72. The van der Waals surface area contributed by atoms with Gasteiger partial charge in [0.1, 0.15) is 6.04 Å². The Labute approximate surface area is 118 Å². The van der Waals surface area contributed by atoms with Crippen molar-refractivity contribution in [1.29, 1.82) is 0 Å². The molecule has 0 aliphatic carbocycles. The fourth-order valence-corrected chi connectivity index (χ4v) is 3.44. The summed E-state index contributed by atoms with van der Waals surface area (Å²) < 4.78 is 5.13. The average Bonchev–Trinajstić information content (AvgIpc) is 3.10. The van der Waals surface area contributed by atoms with Crippen molar-refractivity contribution in [3.05, 3.63) is 18.0 Å². The maximum Gasteiger partial charge on any atom is 0.320 e. The van der Waals surface area contributed by atoms with E-state index in [0.717, 1.165) is 57.6 Å². The number of carboxylic acids is 1. The van der Waals surface area contributed by atoms with Crippen LogP contribution in [0.5, 0.6) is 0 Å². The SMILES string of the molecule is O=C(O)C1CCCN1C1CCN(Cc2ccno2)CC1. The van der Waals surface area contributed by atoms with Gasteiger partial charge in [0, 0.05) is 25.2 Å². The zero-order valence-corrected chi connectivity index (χ0v) is 11.6. The third kappa shape index (κ3) is 2.86. The maximum atomic E-state index is 11.3. The second kappa shape index (κ2) is 5.93. The molecule has 1 N–H and O–H groups in total. The molecule has 0 radical (unpaired) electrons. The highest BCUT2D eigenvalue weighted by Crippen LogP contribution is 2.26. The van der Waals surface area contributed by atoms with Crippen molar-refractivity contribution in [3.8, 4) is 0 Å². The highest BCUT2D eigenvalue weighted by Gasteiger charge is 2.36. The zero-order valence-electron chi connectivity index (χ0n) is 11.6. The number of aliphatic carboxylic acids is 1. The second-order valence-corrected chi connectivity index (χ2v) is 5.72. The third-order valence-electron chi connectivity index (χ3n) is 4.48.